The lowest BCUT2D eigenvalue weighted by atomic mass is 9.53. The Morgan fingerprint density at radius 3 is 2.61 bits per heavy atom. The van der Waals surface area contributed by atoms with Gasteiger partial charge in [-0.3, -0.25) is 9.59 Å². The number of carbonyl (C=O) groups is 2. The molecule has 1 N–H and O–H groups in total. The maximum atomic E-state index is 13.3. The number of fused-ring (bicyclic) bond motifs is 1. The molecule has 3 atom stereocenters. The molecule has 0 heterocycles. The molecule has 0 aromatic heterocycles. The van der Waals surface area contributed by atoms with E-state index >= 15 is 0 Å². The van der Waals surface area contributed by atoms with Crippen molar-refractivity contribution in [2.45, 2.75) is 27.2 Å². The lowest BCUT2D eigenvalue weighted by Gasteiger charge is -2.47. The van der Waals surface area contributed by atoms with Gasteiger partial charge in [0.25, 0.3) is 0 Å². The Morgan fingerprint density at radius 2 is 1.96 bits per heavy atom. The van der Waals surface area contributed by atoms with Gasteiger partial charge in [0, 0.05) is 11.8 Å². The number of benzene rings is 1. The number of ketones is 2. The van der Waals surface area contributed by atoms with Crippen molar-refractivity contribution in [3.05, 3.63) is 65.3 Å². The van der Waals surface area contributed by atoms with Crippen molar-refractivity contribution in [3.63, 3.8) is 0 Å². The summed E-state index contributed by atoms with van der Waals surface area (Å²) >= 11 is 0. The lowest BCUT2D eigenvalue weighted by Crippen LogP contribution is -2.51. The topological polar surface area (TPSA) is 63.6 Å². The van der Waals surface area contributed by atoms with Crippen molar-refractivity contribution in [2.75, 3.05) is 7.11 Å². The van der Waals surface area contributed by atoms with Gasteiger partial charge in [0.15, 0.2) is 23.1 Å². The van der Waals surface area contributed by atoms with Gasteiger partial charge in [-0.25, -0.2) is 0 Å². The van der Waals surface area contributed by atoms with Crippen LogP contribution in [0.1, 0.15) is 32.8 Å². The highest BCUT2D eigenvalue weighted by atomic mass is 16.5. The zero-order chi connectivity index (χ0) is 20.6. The minimum Gasteiger partial charge on any atom is -0.504 e. The SMILES string of the molecule is C=CC1=CCC2C(=O)C(C)=C(C)C(=O)C2(C)C1C=Cc1ccc(O)c(OC)c1. The number of aromatic hydroxyl groups is 1. The second-order valence-electron chi connectivity index (χ2n) is 7.69. The predicted octanol–water partition coefficient (Wildman–Crippen LogP) is 4.66. The maximum absolute atomic E-state index is 13.3. The number of phenolic OH excluding ortho intramolecular Hbond substituents is 1. The van der Waals surface area contributed by atoms with Crippen molar-refractivity contribution in [1.82, 2.24) is 0 Å². The molecular formula is C24H26O4. The number of allylic oxidation sites excluding steroid dienone is 6. The maximum Gasteiger partial charge on any atom is 0.166 e. The molecule has 0 fully saturated rings. The summed E-state index contributed by atoms with van der Waals surface area (Å²) in [5, 5.41) is 9.79. The molecule has 0 saturated carbocycles. The molecule has 0 aliphatic heterocycles. The fourth-order valence-corrected chi connectivity index (χ4v) is 4.41. The second kappa shape index (κ2) is 7.27. The van der Waals surface area contributed by atoms with Crippen LogP contribution in [-0.4, -0.2) is 23.8 Å². The largest absolute Gasteiger partial charge is 0.504 e. The van der Waals surface area contributed by atoms with Crippen LogP contribution in [0.3, 0.4) is 0 Å². The monoisotopic (exact) mass is 378 g/mol. The van der Waals surface area contributed by atoms with E-state index < -0.39 is 5.41 Å². The van der Waals surface area contributed by atoms with Gasteiger partial charge in [0.1, 0.15) is 0 Å². The number of rotatable bonds is 4. The quantitative estimate of drug-likeness (QED) is 0.828. The number of carbonyl (C=O) groups excluding carboxylic acids is 2. The third-order valence-corrected chi connectivity index (χ3v) is 6.32. The number of phenols is 1. The first kappa shape index (κ1) is 19.9. The molecule has 0 saturated heterocycles. The summed E-state index contributed by atoms with van der Waals surface area (Å²) < 4.78 is 5.17. The van der Waals surface area contributed by atoms with E-state index in [1.807, 2.05) is 25.2 Å². The van der Waals surface area contributed by atoms with Crippen LogP contribution in [0.5, 0.6) is 11.5 Å². The Hall–Kier alpha value is -2.88. The highest BCUT2D eigenvalue weighted by Gasteiger charge is 2.54. The zero-order valence-electron chi connectivity index (χ0n) is 16.8. The van der Waals surface area contributed by atoms with E-state index in [0.717, 1.165) is 11.1 Å². The van der Waals surface area contributed by atoms with Gasteiger partial charge < -0.3 is 9.84 Å². The summed E-state index contributed by atoms with van der Waals surface area (Å²) in [6.45, 7) is 9.30. The van der Waals surface area contributed by atoms with Crippen molar-refractivity contribution in [2.24, 2.45) is 17.3 Å². The predicted molar refractivity (Wildman–Crippen MR) is 110 cm³/mol. The van der Waals surface area contributed by atoms with E-state index in [1.165, 1.54) is 7.11 Å². The Kier molecular flexibility index (Phi) is 5.16. The third-order valence-electron chi connectivity index (χ3n) is 6.32. The Balaban J connectivity index is 2.08. The van der Waals surface area contributed by atoms with Crippen LogP contribution in [0.25, 0.3) is 6.08 Å². The van der Waals surface area contributed by atoms with Gasteiger partial charge in [-0.05, 0) is 54.7 Å². The fraction of sp³-hybridized carbons (Fsp3) is 0.333. The first-order valence-corrected chi connectivity index (χ1v) is 9.39. The summed E-state index contributed by atoms with van der Waals surface area (Å²) in [5.74, 6) is -0.0869. The van der Waals surface area contributed by atoms with Gasteiger partial charge in [-0.1, -0.05) is 43.9 Å². The van der Waals surface area contributed by atoms with E-state index in [4.69, 9.17) is 4.74 Å². The van der Waals surface area contributed by atoms with E-state index in [-0.39, 0.29) is 29.2 Å². The molecule has 0 radical (unpaired) electrons. The molecule has 146 valence electrons. The second-order valence-corrected chi connectivity index (χ2v) is 7.69. The average Bonchev–Trinajstić information content (AvgIpc) is 2.70. The van der Waals surface area contributed by atoms with Crippen LogP contribution >= 0.6 is 0 Å². The molecule has 1 aromatic carbocycles. The molecule has 2 aliphatic rings. The van der Waals surface area contributed by atoms with Crippen LogP contribution in [0, 0.1) is 17.3 Å². The van der Waals surface area contributed by atoms with Gasteiger partial charge >= 0.3 is 0 Å². The number of ether oxygens (including phenoxy) is 1. The van der Waals surface area contributed by atoms with E-state index in [0.29, 0.717) is 23.3 Å². The molecule has 0 bridgehead atoms. The third kappa shape index (κ3) is 2.93. The van der Waals surface area contributed by atoms with Crippen molar-refractivity contribution in [3.8, 4) is 11.5 Å². The molecule has 3 rings (SSSR count). The van der Waals surface area contributed by atoms with E-state index in [9.17, 15) is 14.7 Å². The molecule has 0 spiro atoms. The summed E-state index contributed by atoms with van der Waals surface area (Å²) in [4.78, 5) is 26.2. The highest BCUT2D eigenvalue weighted by Crippen LogP contribution is 2.52. The molecule has 0 amide bonds. The molecule has 28 heavy (non-hydrogen) atoms. The smallest absolute Gasteiger partial charge is 0.166 e. The Bertz CT molecular complexity index is 947. The fourth-order valence-electron chi connectivity index (χ4n) is 4.41. The average molecular weight is 378 g/mol. The summed E-state index contributed by atoms with van der Waals surface area (Å²) in [7, 11) is 1.50. The molecular weight excluding hydrogens is 352 g/mol. The Labute approximate surface area is 165 Å². The van der Waals surface area contributed by atoms with E-state index in [1.54, 1.807) is 38.1 Å². The highest BCUT2D eigenvalue weighted by molar-refractivity contribution is 6.15. The molecule has 1 aromatic rings. The minimum atomic E-state index is -0.837. The summed E-state index contributed by atoms with van der Waals surface area (Å²) in [6, 6.07) is 5.08. The van der Waals surface area contributed by atoms with Crippen molar-refractivity contribution < 1.29 is 19.4 Å². The number of hydrogen-bond acceptors (Lipinski definition) is 4. The molecule has 3 unspecified atom stereocenters. The molecule has 4 nitrogen and oxygen atoms in total. The standard InChI is InChI=1S/C24H26O4/c1-6-17-9-11-19-22(26)14(2)15(3)23(27)24(19,4)18(17)10-7-16-8-12-20(25)21(13-16)28-5/h6-10,12-13,18-19,25H,1,11H2,2-5H3. The summed E-state index contributed by atoms with van der Waals surface area (Å²) in [6.07, 6.45) is 8.20. The summed E-state index contributed by atoms with van der Waals surface area (Å²) in [5.41, 5.74) is 2.08. The van der Waals surface area contributed by atoms with Crippen LogP contribution in [0.4, 0.5) is 0 Å². The molecule has 4 heteroatoms. The lowest BCUT2D eigenvalue weighted by molar-refractivity contribution is -0.139. The normalized spacial score (nSPS) is 27.6. The number of hydrogen-bond donors (Lipinski definition) is 1. The number of methoxy groups -OCH3 is 1. The van der Waals surface area contributed by atoms with Crippen molar-refractivity contribution >= 4 is 17.6 Å². The Morgan fingerprint density at radius 1 is 1.25 bits per heavy atom. The van der Waals surface area contributed by atoms with Crippen molar-refractivity contribution in [1.29, 1.82) is 0 Å². The van der Waals surface area contributed by atoms with E-state index in [2.05, 4.69) is 6.58 Å². The van der Waals surface area contributed by atoms with Gasteiger partial charge in [0.2, 0.25) is 0 Å². The van der Waals surface area contributed by atoms with Crippen LogP contribution in [0.15, 0.2) is 59.7 Å². The minimum absolute atomic E-state index is 0.0278. The van der Waals surface area contributed by atoms with Crippen LogP contribution < -0.4 is 4.74 Å². The van der Waals surface area contributed by atoms with Gasteiger partial charge in [0.05, 0.1) is 12.5 Å². The van der Waals surface area contributed by atoms with Gasteiger partial charge in [-0.15, -0.1) is 0 Å². The zero-order valence-corrected chi connectivity index (χ0v) is 16.8. The first-order chi connectivity index (χ1) is 13.2. The first-order valence-electron chi connectivity index (χ1n) is 9.39. The van der Waals surface area contributed by atoms with Crippen LogP contribution in [0.2, 0.25) is 0 Å². The number of Topliss-reactive ketones (excluding diaryl/α,β-unsaturated/α-hetero) is 2. The van der Waals surface area contributed by atoms with Crippen LogP contribution in [-0.2, 0) is 9.59 Å². The molecule has 2 aliphatic carbocycles. The van der Waals surface area contributed by atoms with Gasteiger partial charge in [-0.2, -0.15) is 0 Å².